The Bertz CT molecular complexity index is 672. The molecule has 0 radical (unpaired) electrons. The summed E-state index contributed by atoms with van der Waals surface area (Å²) < 4.78 is 7.14. The molecule has 1 aliphatic rings. The Balaban J connectivity index is 1.64. The number of nitrogens with zero attached hydrogens (tertiary/aromatic N) is 3. The number of morpholine rings is 1. The predicted octanol–water partition coefficient (Wildman–Crippen LogP) is 1.76. The molecule has 2 aromatic rings. The van der Waals surface area contributed by atoms with E-state index in [1.54, 1.807) is 0 Å². The molecule has 6 nitrogen and oxygen atoms in total. The second-order valence-electron chi connectivity index (χ2n) is 5.77. The Morgan fingerprint density at radius 2 is 1.91 bits per heavy atom. The molecule has 0 unspecified atom stereocenters. The monoisotopic (exact) mass is 314 g/mol. The lowest BCUT2D eigenvalue weighted by Gasteiger charge is -2.26. The fourth-order valence-corrected chi connectivity index (χ4v) is 2.60. The molecule has 6 heteroatoms. The molecule has 0 atom stereocenters. The summed E-state index contributed by atoms with van der Waals surface area (Å²) in [5.41, 5.74) is 3.25. The van der Waals surface area contributed by atoms with Crippen LogP contribution in [0.1, 0.15) is 11.3 Å². The van der Waals surface area contributed by atoms with Crippen LogP contribution >= 0.6 is 0 Å². The number of hydrogen-bond acceptors (Lipinski definition) is 4. The first-order valence-electron chi connectivity index (χ1n) is 7.86. The van der Waals surface area contributed by atoms with Gasteiger partial charge in [0.05, 0.1) is 25.4 Å². The summed E-state index contributed by atoms with van der Waals surface area (Å²) in [5.74, 6) is 0.792. The first-order chi connectivity index (χ1) is 11.1. The predicted molar refractivity (Wildman–Crippen MR) is 88.9 cm³/mol. The summed E-state index contributed by atoms with van der Waals surface area (Å²) in [6, 6.07) is 10.2. The molecule has 1 N–H and O–H groups in total. The largest absolute Gasteiger partial charge is 0.378 e. The Morgan fingerprint density at radius 3 is 2.61 bits per heavy atom. The Hall–Kier alpha value is -2.34. The van der Waals surface area contributed by atoms with Gasteiger partial charge in [0, 0.05) is 24.8 Å². The molecular formula is C17H22N4O2. The second kappa shape index (κ2) is 6.83. The molecule has 1 fully saturated rings. The first kappa shape index (κ1) is 15.6. The van der Waals surface area contributed by atoms with E-state index in [-0.39, 0.29) is 12.5 Å². The molecule has 2 heterocycles. The maximum atomic E-state index is 12.1. The van der Waals surface area contributed by atoms with Gasteiger partial charge in [-0.1, -0.05) is 17.7 Å². The van der Waals surface area contributed by atoms with Gasteiger partial charge in [-0.2, -0.15) is 5.10 Å². The number of hydrogen-bond donors (Lipinski definition) is 1. The molecule has 1 aromatic heterocycles. The van der Waals surface area contributed by atoms with Crippen LogP contribution in [0.3, 0.4) is 0 Å². The van der Waals surface area contributed by atoms with Crippen molar-refractivity contribution in [1.29, 1.82) is 0 Å². The van der Waals surface area contributed by atoms with E-state index in [2.05, 4.69) is 29.5 Å². The van der Waals surface area contributed by atoms with Gasteiger partial charge < -0.3 is 15.0 Å². The number of rotatable bonds is 4. The van der Waals surface area contributed by atoms with E-state index >= 15 is 0 Å². The number of amides is 1. The standard InChI is InChI=1S/C17H22N4O2/c1-13-3-5-15(6-4-13)21-14(2)11-16(19-21)18-12-17(22)20-7-9-23-10-8-20/h3-6,11H,7-10,12H2,1-2H3,(H,18,19). The lowest BCUT2D eigenvalue weighted by molar-refractivity contribution is -0.133. The summed E-state index contributed by atoms with van der Waals surface area (Å²) in [6.45, 7) is 6.88. The van der Waals surface area contributed by atoms with Gasteiger partial charge in [0.2, 0.25) is 5.91 Å². The van der Waals surface area contributed by atoms with Gasteiger partial charge in [-0.3, -0.25) is 4.79 Å². The normalized spacial score (nSPS) is 14.8. The van der Waals surface area contributed by atoms with Crippen molar-refractivity contribution in [1.82, 2.24) is 14.7 Å². The number of carbonyl (C=O) groups excluding carboxylic acids is 1. The van der Waals surface area contributed by atoms with E-state index in [0.717, 1.165) is 11.4 Å². The quantitative estimate of drug-likeness (QED) is 0.934. The fourth-order valence-electron chi connectivity index (χ4n) is 2.60. The fraction of sp³-hybridized carbons (Fsp3) is 0.412. The van der Waals surface area contributed by atoms with Crippen molar-refractivity contribution in [3.05, 3.63) is 41.6 Å². The molecular weight excluding hydrogens is 292 g/mol. The minimum Gasteiger partial charge on any atom is -0.378 e. The van der Waals surface area contributed by atoms with Gasteiger partial charge in [0.25, 0.3) is 0 Å². The average Bonchev–Trinajstić information content (AvgIpc) is 2.95. The van der Waals surface area contributed by atoms with E-state index in [0.29, 0.717) is 32.1 Å². The van der Waals surface area contributed by atoms with Gasteiger partial charge in [0.15, 0.2) is 0 Å². The summed E-state index contributed by atoms with van der Waals surface area (Å²) in [6.07, 6.45) is 0. The first-order valence-corrected chi connectivity index (χ1v) is 7.86. The lowest BCUT2D eigenvalue weighted by Crippen LogP contribution is -2.43. The summed E-state index contributed by atoms with van der Waals surface area (Å²) in [4.78, 5) is 14.0. The summed E-state index contributed by atoms with van der Waals surface area (Å²) in [5, 5.41) is 7.66. The second-order valence-corrected chi connectivity index (χ2v) is 5.77. The van der Waals surface area contributed by atoms with Gasteiger partial charge >= 0.3 is 0 Å². The molecule has 122 valence electrons. The molecule has 1 aromatic carbocycles. The van der Waals surface area contributed by atoms with E-state index < -0.39 is 0 Å². The topological polar surface area (TPSA) is 59.4 Å². The molecule has 1 saturated heterocycles. The molecule has 0 aliphatic carbocycles. The SMILES string of the molecule is Cc1ccc(-n2nc(NCC(=O)N3CCOCC3)cc2C)cc1. The molecule has 1 aliphatic heterocycles. The third kappa shape index (κ3) is 3.71. The van der Waals surface area contributed by atoms with Crippen LogP contribution in [-0.4, -0.2) is 53.4 Å². The molecule has 1 amide bonds. The summed E-state index contributed by atoms with van der Waals surface area (Å²) in [7, 11) is 0. The van der Waals surface area contributed by atoms with Crippen molar-refractivity contribution in [2.45, 2.75) is 13.8 Å². The van der Waals surface area contributed by atoms with E-state index in [1.807, 2.05) is 34.7 Å². The van der Waals surface area contributed by atoms with Crippen LogP contribution in [0.4, 0.5) is 5.82 Å². The van der Waals surface area contributed by atoms with Crippen LogP contribution < -0.4 is 5.32 Å². The number of benzene rings is 1. The number of aromatic nitrogens is 2. The minimum absolute atomic E-state index is 0.0795. The van der Waals surface area contributed by atoms with Gasteiger partial charge in [-0.25, -0.2) is 4.68 Å². The highest BCUT2D eigenvalue weighted by atomic mass is 16.5. The van der Waals surface area contributed by atoms with Crippen LogP contribution in [0.5, 0.6) is 0 Å². The summed E-state index contributed by atoms with van der Waals surface area (Å²) >= 11 is 0. The Morgan fingerprint density at radius 1 is 1.22 bits per heavy atom. The number of nitrogens with one attached hydrogen (secondary N) is 1. The number of carbonyl (C=O) groups is 1. The molecule has 3 rings (SSSR count). The van der Waals surface area contributed by atoms with E-state index in [4.69, 9.17) is 4.74 Å². The van der Waals surface area contributed by atoms with E-state index in [1.165, 1.54) is 5.56 Å². The average molecular weight is 314 g/mol. The van der Waals surface area contributed by atoms with Crippen molar-refractivity contribution in [3.8, 4) is 5.69 Å². The molecule has 23 heavy (non-hydrogen) atoms. The Labute approximate surface area is 136 Å². The van der Waals surface area contributed by atoms with Crippen molar-refractivity contribution >= 4 is 11.7 Å². The van der Waals surface area contributed by atoms with Gasteiger partial charge in [-0.05, 0) is 26.0 Å². The van der Waals surface area contributed by atoms with Crippen LogP contribution in [0, 0.1) is 13.8 Å². The van der Waals surface area contributed by atoms with Crippen LogP contribution in [-0.2, 0) is 9.53 Å². The van der Waals surface area contributed by atoms with Crippen LogP contribution in [0.25, 0.3) is 5.69 Å². The maximum Gasteiger partial charge on any atom is 0.242 e. The number of aryl methyl sites for hydroxylation is 2. The third-order valence-corrected chi connectivity index (χ3v) is 3.95. The van der Waals surface area contributed by atoms with Gasteiger partial charge in [-0.15, -0.1) is 0 Å². The zero-order valence-corrected chi connectivity index (χ0v) is 13.6. The molecule has 0 bridgehead atoms. The highest BCUT2D eigenvalue weighted by Crippen LogP contribution is 2.15. The van der Waals surface area contributed by atoms with Crippen molar-refractivity contribution in [2.24, 2.45) is 0 Å². The lowest BCUT2D eigenvalue weighted by atomic mass is 10.2. The third-order valence-electron chi connectivity index (χ3n) is 3.95. The minimum atomic E-state index is 0.0795. The highest BCUT2D eigenvalue weighted by Gasteiger charge is 2.16. The smallest absolute Gasteiger partial charge is 0.242 e. The van der Waals surface area contributed by atoms with Crippen molar-refractivity contribution in [3.63, 3.8) is 0 Å². The van der Waals surface area contributed by atoms with Crippen molar-refractivity contribution < 1.29 is 9.53 Å². The van der Waals surface area contributed by atoms with Gasteiger partial charge in [0.1, 0.15) is 5.82 Å². The molecule has 0 spiro atoms. The number of anilines is 1. The highest BCUT2D eigenvalue weighted by molar-refractivity contribution is 5.80. The molecule has 0 saturated carbocycles. The van der Waals surface area contributed by atoms with E-state index in [9.17, 15) is 4.79 Å². The van der Waals surface area contributed by atoms with Crippen LogP contribution in [0.15, 0.2) is 30.3 Å². The zero-order chi connectivity index (χ0) is 16.2. The maximum absolute atomic E-state index is 12.1. The van der Waals surface area contributed by atoms with Crippen molar-refractivity contribution in [2.75, 3.05) is 38.2 Å². The zero-order valence-electron chi connectivity index (χ0n) is 13.6. The van der Waals surface area contributed by atoms with Crippen LogP contribution in [0.2, 0.25) is 0 Å². The Kier molecular flexibility index (Phi) is 4.62. The number of ether oxygens (including phenoxy) is 1.